The highest BCUT2D eigenvalue weighted by Crippen LogP contribution is 2.65. The van der Waals surface area contributed by atoms with Gasteiger partial charge >= 0.3 is 0 Å². The van der Waals surface area contributed by atoms with Gasteiger partial charge in [0.1, 0.15) is 0 Å². The third kappa shape index (κ3) is 3.63. The largest absolute Gasteiger partial charge is 1.00 e. The van der Waals surface area contributed by atoms with Gasteiger partial charge in [0.15, 0.2) is 11.8 Å². The lowest BCUT2D eigenvalue weighted by Crippen LogP contribution is -3.00. The van der Waals surface area contributed by atoms with E-state index in [0.29, 0.717) is 4.48 Å². The number of nitrogens with zero attached hydrogens (tertiary/aromatic N) is 2. The molecule has 1 aliphatic rings. The highest BCUT2D eigenvalue weighted by molar-refractivity contribution is 7.76. The van der Waals surface area contributed by atoms with Crippen LogP contribution in [0.5, 0.6) is 0 Å². The molecule has 0 saturated heterocycles. The predicted molar refractivity (Wildman–Crippen MR) is 96.0 cm³/mol. The molecular formula is C18H28ClN2OP. The Morgan fingerprint density at radius 1 is 1.17 bits per heavy atom. The van der Waals surface area contributed by atoms with Gasteiger partial charge in [-0.1, -0.05) is 64.4 Å². The summed E-state index contributed by atoms with van der Waals surface area (Å²) in [5, 5.41) is 0.597. The number of aliphatic imine (C=N–C) groups is 1. The van der Waals surface area contributed by atoms with Gasteiger partial charge in [0.2, 0.25) is 7.14 Å². The smallest absolute Gasteiger partial charge is 0.202 e. The van der Waals surface area contributed by atoms with Crippen molar-refractivity contribution in [1.82, 2.24) is 0 Å². The summed E-state index contributed by atoms with van der Waals surface area (Å²) in [6.07, 6.45) is 6.00. The van der Waals surface area contributed by atoms with Crippen molar-refractivity contribution in [2.75, 3.05) is 13.6 Å². The van der Waals surface area contributed by atoms with Crippen LogP contribution in [-0.2, 0) is 4.57 Å². The molecule has 0 fully saturated rings. The molecule has 1 aromatic rings. The fourth-order valence-electron chi connectivity index (χ4n) is 3.00. The Balaban J connectivity index is 0.00000264. The third-order valence-corrected chi connectivity index (χ3v) is 8.53. The first kappa shape index (κ1) is 20.2. The number of halogens is 1. The van der Waals surface area contributed by atoms with E-state index in [1.165, 1.54) is 0 Å². The summed E-state index contributed by atoms with van der Waals surface area (Å²) in [4.78, 5) is 4.39. The van der Waals surface area contributed by atoms with Crippen molar-refractivity contribution < 1.29 is 21.5 Å². The molecule has 0 bridgehead atoms. The standard InChI is InChI=1S/C18H28N2OP.ClH/c1-6-7-13-20(5)15-19-14-17(20)22(21,18(2,3)4)16-11-9-8-10-12-16;/h8-12,14-15H,6-7,13H2,1-5H3;1H/q+1;/p-1. The van der Waals surface area contributed by atoms with Gasteiger partial charge in [-0.05, 0) is 6.42 Å². The quantitative estimate of drug-likeness (QED) is 0.583. The van der Waals surface area contributed by atoms with Crippen molar-refractivity contribution in [2.24, 2.45) is 4.99 Å². The minimum atomic E-state index is -2.76. The van der Waals surface area contributed by atoms with E-state index in [2.05, 4.69) is 39.7 Å². The van der Waals surface area contributed by atoms with Gasteiger partial charge in [0.25, 0.3) is 0 Å². The molecule has 2 atom stereocenters. The van der Waals surface area contributed by atoms with Gasteiger partial charge in [-0.3, -0.25) is 0 Å². The lowest BCUT2D eigenvalue weighted by molar-refractivity contribution is -0.763. The van der Waals surface area contributed by atoms with Crippen LogP contribution in [0, 0.1) is 0 Å². The molecule has 0 amide bonds. The lowest BCUT2D eigenvalue weighted by Gasteiger charge is -2.38. The van der Waals surface area contributed by atoms with E-state index < -0.39 is 7.14 Å². The maximum Gasteiger partial charge on any atom is 0.202 e. The zero-order chi connectivity index (χ0) is 16.4. The molecule has 128 valence electrons. The first-order valence-corrected chi connectivity index (χ1v) is 9.73. The first-order valence-electron chi connectivity index (χ1n) is 8.02. The molecule has 0 aromatic heterocycles. The molecule has 23 heavy (non-hydrogen) atoms. The van der Waals surface area contributed by atoms with Gasteiger partial charge < -0.3 is 17.0 Å². The Hall–Kier alpha value is -0.890. The van der Waals surface area contributed by atoms with Crippen molar-refractivity contribution in [3.63, 3.8) is 0 Å². The zero-order valence-corrected chi connectivity index (χ0v) is 16.4. The number of unbranched alkanes of at least 4 members (excludes halogenated alkanes) is 1. The van der Waals surface area contributed by atoms with E-state index in [-0.39, 0.29) is 17.6 Å². The highest BCUT2D eigenvalue weighted by atomic mass is 35.5. The Morgan fingerprint density at radius 3 is 2.30 bits per heavy atom. The highest BCUT2D eigenvalue weighted by Gasteiger charge is 2.51. The predicted octanol–water partition coefficient (Wildman–Crippen LogP) is 1.56. The van der Waals surface area contributed by atoms with Crippen LogP contribution in [0.25, 0.3) is 0 Å². The van der Waals surface area contributed by atoms with Crippen LogP contribution >= 0.6 is 7.14 Å². The molecule has 1 aliphatic heterocycles. The van der Waals surface area contributed by atoms with Gasteiger partial charge in [0, 0.05) is 10.5 Å². The normalized spacial score (nSPS) is 23.1. The van der Waals surface area contributed by atoms with Crippen LogP contribution in [-0.4, -0.2) is 29.6 Å². The average Bonchev–Trinajstić information content (AvgIpc) is 2.86. The number of hydrogen-bond acceptors (Lipinski definition) is 2. The Morgan fingerprint density at radius 2 is 1.78 bits per heavy atom. The molecule has 0 spiro atoms. The SMILES string of the molecule is CCCC[N+]1(C)C=NC=C1P(=O)(c1ccccc1)C(C)(C)C.[Cl-]. The number of benzene rings is 1. The molecule has 0 radical (unpaired) electrons. The molecule has 2 rings (SSSR count). The number of quaternary nitrogens is 1. The Bertz CT molecular complexity index is 634. The Kier molecular flexibility index (Phi) is 6.43. The summed E-state index contributed by atoms with van der Waals surface area (Å²) in [5.74, 6) is 0. The lowest BCUT2D eigenvalue weighted by atomic mass is 10.3. The molecule has 0 saturated carbocycles. The summed E-state index contributed by atoms with van der Waals surface area (Å²) in [6.45, 7) is 9.35. The second-order valence-electron chi connectivity index (χ2n) is 7.21. The second-order valence-corrected chi connectivity index (χ2v) is 10.7. The summed E-state index contributed by atoms with van der Waals surface area (Å²) in [7, 11) is -0.632. The fourth-order valence-corrected chi connectivity index (χ4v) is 6.34. The summed E-state index contributed by atoms with van der Waals surface area (Å²) < 4.78 is 14.8. The maximum absolute atomic E-state index is 14.3. The second kappa shape index (κ2) is 7.34. The van der Waals surface area contributed by atoms with Crippen molar-refractivity contribution in [2.45, 2.75) is 45.7 Å². The Labute approximate surface area is 146 Å². The first-order chi connectivity index (χ1) is 10.3. The van der Waals surface area contributed by atoms with Crippen LogP contribution in [0.4, 0.5) is 0 Å². The fraction of sp³-hybridized carbons (Fsp3) is 0.500. The van der Waals surface area contributed by atoms with Gasteiger partial charge in [-0.25, -0.2) is 9.48 Å². The molecule has 1 heterocycles. The topological polar surface area (TPSA) is 29.4 Å². The van der Waals surface area contributed by atoms with E-state index in [1.807, 2.05) is 42.9 Å². The monoisotopic (exact) mass is 354 g/mol. The van der Waals surface area contributed by atoms with Crippen LogP contribution in [0.2, 0.25) is 0 Å². The molecule has 0 N–H and O–H groups in total. The van der Waals surface area contributed by atoms with Crippen LogP contribution in [0.1, 0.15) is 40.5 Å². The minimum absolute atomic E-state index is 0. The summed E-state index contributed by atoms with van der Waals surface area (Å²) in [5.41, 5.74) is 0.958. The van der Waals surface area contributed by atoms with E-state index in [9.17, 15) is 4.57 Å². The summed E-state index contributed by atoms with van der Waals surface area (Å²) in [6, 6.07) is 9.91. The molecule has 2 unspecified atom stereocenters. The van der Waals surface area contributed by atoms with Crippen LogP contribution in [0.15, 0.2) is 47.0 Å². The van der Waals surface area contributed by atoms with E-state index in [0.717, 1.165) is 30.1 Å². The van der Waals surface area contributed by atoms with E-state index in [1.54, 1.807) is 0 Å². The molecule has 1 aromatic carbocycles. The number of rotatable bonds is 5. The van der Waals surface area contributed by atoms with Crippen molar-refractivity contribution >= 4 is 18.8 Å². The van der Waals surface area contributed by atoms with Crippen molar-refractivity contribution in [3.05, 3.63) is 42.0 Å². The van der Waals surface area contributed by atoms with Gasteiger partial charge in [-0.15, -0.1) is 0 Å². The maximum atomic E-state index is 14.3. The van der Waals surface area contributed by atoms with Crippen LogP contribution < -0.4 is 17.7 Å². The van der Waals surface area contributed by atoms with Crippen LogP contribution in [0.3, 0.4) is 0 Å². The average molecular weight is 355 g/mol. The molecule has 0 aliphatic carbocycles. The van der Waals surface area contributed by atoms with E-state index in [4.69, 9.17) is 0 Å². The minimum Gasteiger partial charge on any atom is -1.00 e. The summed E-state index contributed by atoms with van der Waals surface area (Å²) >= 11 is 0. The number of hydrogen-bond donors (Lipinski definition) is 0. The zero-order valence-electron chi connectivity index (χ0n) is 14.8. The molecule has 3 nitrogen and oxygen atoms in total. The van der Waals surface area contributed by atoms with Gasteiger partial charge in [-0.2, -0.15) is 0 Å². The molecule has 5 heteroatoms. The van der Waals surface area contributed by atoms with Crippen molar-refractivity contribution in [1.29, 1.82) is 0 Å². The third-order valence-electron chi connectivity index (χ3n) is 4.40. The van der Waals surface area contributed by atoms with Crippen molar-refractivity contribution in [3.8, 4) is 0 Å². The van der Waals surface area contributed by atoms with Gasteiger partial charge in [0.05, 0.1) is 19.8 Å². The van der Waals surface area contributed by atoms with E-state index >= 15 is 0 Å². The molecular weight excluding hydrogens is 327 g/mol.